The van der Waals surface area contributed by atoms with Gasteiger partial charge in [0, 0.05) is 22.0 Å². The Bertz CT molecular complexity index is 530. The largest absolute Gasteiger partial charge is 0.493 e. The number of rotatable bonds is 1. The third-order valence-electron chi connectivity index (χ3n) is 6.20. The molecule has 2 fully saturated rings. The van der Waals surface area contributed by atoms with Gasteiger partial charge in [-0.2, -0.15) is 0 Å². The van der Waals surface area contributed by atoms with Crippen molar-refractivity contribution in [1.82, 2.24) is 4.90 Å². The van der Waals surface area contributed by atoms with Gasteiger partial charge in [0.2, 0.25) is 0 Å². The summed E-state index contributed by atoms with van der Waals surface area (Å²) >= 11 is 6.26. The van der Waals surface area contributed by atoms with Crippen molar-refractivity contribution in [1.29, 1.82) is 0 Å². The van der Waals surface area contributed by atoms with Crippen LogP contribution in [0, 0.1) is 0 Å². The van der Waals surface area contributed by atoms with Crippen molar-refractivity contribution in [2.75, 3.05) is 19.7 Å². The van der Waals surface area contributed by atoms with Gasteiger partial charge in [-0.05, 0) is 63.4 Å². The highest BCUT2D eigenvalue weighted by molar-refractivity contribution is 6.30. The lowest BCUT2D eigenvalue weighted by Gasteiger charge is -2.47. The van der Waals surface area contributed by atoms with E-state index in [0.717, 1.165) is 29.8 Å². The molecule has 120 valence electrons. The molecule has 3 heteroatoms. The molecule has 4 rings (SSSR count). The van der Waals surface area contributed by atoms with Crippen LogP contribution in [0.2, 0.25) is 5.02 Å². The fourth-order valence-electron chi connectivity index (χ4n) is 4.82. The van der Waals surface area contributed by atoms with E-state index in [1.807, 2.05) is 6.07 Å². The van der Waals surface area contributed by atoms with Gasteiger partial charge in [-0.25, -0.2) is 0 Å². The molecule has 1 aromatic carbocycles. The summed E-state index contributed by atoms with van der Waals surface area (Å²) in [6, 6.07) is 7.03. The third-order valence-corrected chi connectivity index (χ3v) is 6.43. The molecule has 3 aliphatic rings. The van der Waals surface area contributed by atoms with Gasteiger partial charge in [-0.1, -0.05) is 30.9 Å². The molecule has 2 aliphatic heterocycles. The van der Waals surface area contributed by atoms with Crippen LogP contribution in [0.15, 0.2) is 18.2 Å². The van der Waals surface area contributed by atoms with Crippen LogP contribution < -0.4 is 4.74 Å². The van der Waals surface area contributed by atoms with E-state index in [0.29, 0.717) is 5.41 Å². The second kappa shape index (κ2) is 6.05. The van der Waals surface area contributed by atoms with Crippen molar-refractivity contribution in [2.45, 2.75) is 62.8 Å². The fourth-order valence-corrected chi connectivity index (χ4v) is 4.99. The van der Waals surface area contributed by atoms with Gasteiger partial charge in [-0.3, -0.25) is 0 Å². The Morgan fingerprint density at radius 3 is 2.59 bits per heavy atom. The van der Waals surface area contributed by atoms with E-state index in [9.17, 15) is 0 Å². The Morgan fingerprint density at radius 2 is 1.82 bits per heavy atom. The van der Waals surface area contributed by atoms with Gasteiger partial charge in [0.15, 0.2) is 0 Å². The molecule has 1 saturated carbocycles. The van der Waals surface area contributed by atoms with Gasteiger partial charge >= 0.3 is 0 Å². The van der Waals surface area contributed by atoms with Crippen molar-refractivity contribution in [2.24, 2.45) is 0 Å². The maximum Gasteiger partial charge on any atom is 0.123 e. The molecule has 1 spiro atoms. The molecule has 1 aliphatic carbocycles. The predicted molar refractivity (Wildman–Crippen MR) is 90.9 cm³/mol. The lowest BCUT2D eigenvalue weighted by molar-refractivity contribution is 0.0729. The van der Waals surface area contributed by atoms with Gasteiger partial charge in [-0.15, -0.1) is 0 Å². The first-order chi connectivity index (χ1) is 10.8. The summed E-state index contributed by atoms with van der Waals surface area (Å²) in [4.78, 5) is 2.77. The summed E-state index contributed by atoms with van der Waals surface area (Å²) in [5.41, 5.74) is 1.68. The third kappa shape index (κ3) is 2.65. The molecule has 0 atom stereocenters. The van der Waals surface area contributed by atoms with Crippen molar-refractivity contribution in [3.8, 4) is 5.75 Å². The van der Waals surface area contributed by atoms with E-state index >= 15 is 0 Å². The van der Waals surface area contributed by atoms with Gasteiger partial charge in [0.25, 0.3) is 0 Å². The van der Waals surface area contributed by atoms with E-state index in [1.54, 1.807) is 0 Å². The zero-order chi connectivity index (χ0) is 15.0. The smallest absolute Gasteiger partial charge is 0.123 e. The zero-order valence-electron chi connectivity index (χ0n) is 13.3. The molecule has 1 saturated heterocycles. The Kier molecular flexibility index (Phi) is 4.08. The summed E-state index contributed by atoms with van der Waals surface area (Å²) in [6.45, 7) is 3.35. The highest BCUT2D eigenvalue weighted by Gasteiger charge is 2.41. The molecule has 0 unspecified atom stereocenters. The van der Waals surface area contributed by atoms with Crippen LogP contribution >= 0.6 is 11.6 Å². The zero-order valence-corrected chi connectivity index (χ0v) is 14.1. The fraction of sp³-hybridized carbons (Fsp3) is 0.684. The molecular formula is C19H26ClNO. The lowest BCUT2D eigenvalue weighted by atomic mass is 9.69. The number of piperidine rings is 1. The minimum atomic E-state index is 0.309. The number of fused-ring (bicyclic) bond motifs is 2. The molecule has 0 radical (unpaired) electrons. The van der Waals surface area contributed by atoms with Gasteiger partial charge in [0.1, 0.15) is 5.75 Å². The molecule has 1 aromatic rings. The van der Waals surface area contributed by atoms with Crippen molar-refractivity contribution in [3.63, 3.8) is 0 Å². The second-order valence-corrected chi connectivity index (χ2v) is 7.78. The molecule has 0 N–H and O–H groups in total. The average molecular weight is 320 g/mol. The Labute approximate surface area is 138 Å². The normalized spacial score (nSPS) is 25.7. The number of nitrogens with zero attached hydrogens (tertiary/aromatic N) is 1. The molecular weight excluding hydrogens is 294 g/mol. The maximum absolute atomic E-state index is 6.26. The number of likely N-dealkylation sites (tertiary alicyclic amines) is 1. The van der Waals surface area contributed by atoms with E-state index in [-0.39, 0.29) is 0 Å². The Hall–Kier alpha value is -0.730. The van der Waals surface area contributed by atoms with Crippen LogP contribution in [-0.2, 0) is 5.41 Å². The van der Waals surface area contributed by atoms with Crippen LogP contribution in [-0.4, -0.2) is 30.6 Å². The van der Waals surface area contributed by atoms with E-state index in [1.165, 1.54) is 63.6 Å². The van der Waals surface area contributed by atoms with E-state index in [2.05, 4.69) is 17.0 Å². The topological polar surface area (TPSA) is 12.5 Å². The standard InChI is InChI=1S/C19H26ClNO/c20-15-6-7-18-17(14-15)19(10-13-22-18)8-11-21(12-9-19)16-4-2-1-3-5-16/h6-7,14,16H,1-5,8-13H2. The number of hydrogen-bond donors (Lipinski definition) is 0. The van der Waals surface area contributed by atoms with Gasteiger partial charge in [0.05, 0.1) is 6.61 Å². The number of halogens is 1. The monoisotopic (exact) mass is 319 g/mol. The average Bonchev–Trinajstić information content (AvgIpc) is 2.57. The van der Waals surface area contributed by atoms with Crippen LogP contribution in [0.4, 0.5) is 0 Å². The Morgan fingerprint density at radius 1 is 1.05 bits per heavy atom. The van der Waals surface area contributed by atoms with Crippen molar-refractivity contribution < 1.29 is 4.74 Å². The SMILES string of the molecule is Clc1ccc2c(c1)C1(CCO2)CCN(C2CCCCC2)CC1. The minimum Gasteiger partial charge on any atom is -0.493 e. The quantitative estimate of drug-likeness (QED) is 0.738. The first-order valence-electron chi connectivity index (χ1n) is 8.94. The first-order valence-corrected chi connectivity index (χ1v) is 9.32. The van der Waals surface area contributed by atoms with Crippen LogP contribution in [0.25, 0.3) is 0 Å². The maximum atomic E-state index is 6.26. The lowest BCUT2D eigenvalue weighted by Crippen LogP contribution is -2.49. The number of ether oxygens (including phenoxy) is 1. The highest BCUT2D eigenvalue weighted by Crippen LogP contribution is 2.47. The number of hydrogen-bond acceptors (Lipinski definition) is 2. The predicted octanol–water partition coefficient (Wildman–Crippen LogP) is 4.79. The summed E-state index contributed by atoms with van der Waals surface area (Å²) in [6.07, 6.45) is 10.8. The molecule has 22 heavy (non-hydrogen) atoms. The minimum absolute atomic E-state index is 0.309. The van der Waals surface area contributed by atoms with Crippen LogP contribution in [0.5, 0.6) is 5.75 Å². The molecule has 0 amide bonds. The van der Waals surface area contributed by atoms with Crippen LogP contribution in [0.3, 0.4) is 0 Å². The summed E-state index contributed by atoms with van der Waals surface area (Å²) < 4.78 is 5.88. The van der Waals surface area contributed by atoms with E-state index < -0.39 is 0 Å². The summed E-state index contributed by atoms with van der Waals surface area (Å²) in [5, 5.41) is 0.846. The summed E-state index contributed by atoms with van der Waals surface area (Å²) in [5.74, 6) is 1.07. The molecule has 2 nitrogen and oxygen atoms in total. The first kappa shape index (κ1) is 14.8. The van der Waals surface area contributed by atoms with Crippen molar-refractivity contribution in [3.05, 3.63) is 28.8 Å². The number of benzene rings is 1. The second-order valence-electron chi connectivity index (χ2n) is 7.35. The summed E-state index contributed by atoms with van der Waals surface area (Å²) in [7, 11) is 0. The van der Waals surface area contributed by atoms with Crippen molar-refractivity contribution >= 4 is 11.6 Å². The molecule has 2 heterocycles. The highest BCUT2D eigenvalue weighted by atomic mass is 35.5. The Balaban J connectivity index is 1.52. The van der Waals surface area contributed by atoms with Crippen LogP contribution in [0.1, 0.15) is 56.9 Å². The van der Waals surface area contributed by atoms with Gasteiger partial charge < -0.3 is 9.64 Å². The molecule has 0 bridgehead atoms. The van der Waals surface area contributed by atoms with E-state index in [4.69, 9.17) is 16.3 Å². The molecule has 0 aromatic heterocycles.